The zero-order valence-electron chi connectivity index (χ0n) is 14.5. The fourth-order valence-electron chi connectivity index (χ4n) is 3.49. The first kappa shape index (κ1) is 17.3. The molecule has 0 atom stereocenters. The van der Waals surface area contributed by atoms with E-state index in [-0.39, 0.29) is 30.1 Å². The fourth-order valence-corrected chi connectivity index (χ4v) is 3.49. The first-order valence-corrected chi connectivity index (χ1v) is 8.80. The summed E-state index contributed by atoms with van der Waals surface area (Å²) in [6.45, 7) is 0.326. The largest absolute Gasteiger partial charge is 0.304 e. The number of aryl methyl sites for hydroxylation is 1. The van der Waals surface area contributed by atoms with Crippen LogP contribution in [0.15, 0.2) is 47.6 Å². The fraction of sp³-hybridized carbons (Fsp3) is 0.250. The number of anilines is 2. The number of hydrogen-bond donors (Lipinski definition) is 0. The van der Waals surface area contributed by atoms with Crippen molar-refractivity contribution < 1.29 is 18.4 Å². The van der Waals surface area contributed by atoms with Crippen LogP contribution in [0.4, 0.5) is 20.2 Å². The van der Waals surface area contributed by atoms with Crippen molar-refractivity contribution in [3.8, 4) is 0 Å². The van der Waals surface area contributed by atoms with E-state index in [0.29, 0.717) is 30.6 Å². The van der Waals surface area contributed by atoms with Gasteiger partial charge in [0.15, 0.2) is 0 Å². The van der Waals surface area contributed by atoms with Gasteiger partial charge in [-0.1, -0.05) is 18.2 Å². The lowest BCUT2D eigenvalue weighted by molar-refractivity contribution is -0.118. The number of carbonyl (C=O) groups is 2. The Hall–Kier alpha value is -3.09. The molecule has 2 amide bonds. The Morgan fingerprint density at radius 1 is 1.04 bits per heavy atom. The Bertz CT molecular complexity index is 944. The molecule has 5 nitrogen and oxygen atoms in total. The average molecular weight is 369 g/mol. The molecule has 2 heterocycles. The minimum absolute atomic E-state index is 0.110. The standard InChI is InChI=1S/C20H17F2N3O2/c21-14-11-13-5-4-10-24(19(13)16(22)12-14)20(27)17-8-9-18(26)25(23-17)15-6-2-1-3-7-15/h1-3,6-7,11-12H,4-5,8-10H2. The third-order valence-corrected chi connectivity index (χ3v) is 4.73. The van der Waals surface area contributed by atoms with Crippen molar-refractivity contribution in [1.82, 2.24) is 0 Å². The molecule has 0 spiro atoms. The second-order valence-corrected chi connectivity index (χ2v) is 6.54. The van der Waals surface area contributed by atoms with Crippen LogP contribution in [-0.2, 0) is 16.0 Å². The second-order valence-electron chi connectivity index (χ2n) is 6.54. The number of hydrogen-bond acceptors (Lipinski definition) is 3. The van der Waals surface area contributed by atoms with Crippen LogP contribution < -0.4 is 9.91 Å². The average Bonchev–Trinajstić information content (AvgIpc) is 2.68. The maximum atomic E-state index is 14.4. The van der Waals surface area contributed by atoms with Crippen molar-refractivity contribution in [3.63, 3.8) is 0 Å². The number of halogens is 2. The third kappa shape index (κ3) is 3.20. The monoisotopic (exact) mass is 369 g/mol. The van der Waals surface area contributed by atoms with E-state index in [4.69, 9.17) is 0 Å². The van der Waals surface area contributed by atoms with Gasteiger partial charge in [-0.2, -0.15) is 5.10 Å². The summed E-state index contributed by atoms with van der Waals surface area (Å²) in [5.74, 6) is -2.07. The topological polar surface area (TPSA) is 53.0 Å². The SMILES string of the molecule is O=C(C1=NN(c2ccccc2)C(=O)CC1)N1CCCc2cc(F)cc(F)c21. The van der Waals surface area contributed by atoms with Gasteiger partial charge in [0, 0.05) is 25.5 Å². The Balaban J connectivity index is 1.69. The first-order chi connectivity index (χ1) is 13.0. The Morgan fingerprint density at radius 2 is 1.81 bits per heavy atom. The van der Waals surface area contributed by atoms with Gasteiger partial charge in [-0.15, -0.1) is 0 Å². The molecular weight excluding hydrogens is 352 g/mol. The highest BCUT2D eigenvalue weighted by molar-refractivity contribution is 6.44. The number of rotatable bonds is 2. The van der Waals surface area contributed by atoms with Gasteiger partial charge in [-0.05, 0) is 36.6 Å². The van der Waals surface area contributed by atoms with Crippen molar-refractivity contribution in [1.29, 1.82) is 0 Å². The number of nitrogens with zero attached hydrogens (tertiary/aromatic N) is 3. The normalized spacial score (nSPS) is 16.8. The van der Waals surface area contributed by atoms with Crippen LogP contribution >= 0.6 is 0 Å². The summed E-state index contributed by atoms with van der Waals surface area (Å²) in [6, 6.07) is 10.9. The van der Waals surface area contributed by atoms with Crippen molar-refractivity contribution in [2.45, 2.75) is 25.7 Å². The molecule has 0 aromatic heterocycles. The van der Waals surface area contributed by atoms with E-state index in [1.165, 1.54) is 16.0 Å². The van der Waals surface area contributed by atoms with Crippen molar-refractivity contribution in [3.05, 3.63) is 59.7 Å². The number of para-hydroxylation sites is 1. The van der Waals surface area contributed by atoms with Gasteiger partial charge in [-0.25, -0.2) is 13.8 Å². The van der Waals surface area contributed by atoms with Crippen LogP contribution in [0.25, 0.3) is 0 Å². The smallest absolute Gasteiger partial charge is 0.274 e. The summed E-state index contributed by atoms with van der Waals surface area (Å²) in [5, 5.41) is 5.45. The predicted octanol–water partition coefficient (Wildman–Crippen LogP) is 3.43. The summed E-state index contributed by atoms with van der Waals surface area (Å²) in [7, 11) is 0. The van der Waals surface area contributed by atoms with E-state index >= 15 is 0 Å². The Morgan fingerprint density at radius 3 is 2.59 bits per heavy atom. The highest BCUT2D eigenvalue weighted by atomic mass is 19.1. The van der Waals surface area contributed by atoms with Gasteiger partial charge in [0.05, 0.1) is 11.4 Å². The molecule has 138 valence electrons. The van der Waals surface area contributed by atoms with E-state index in [0.717, 1.165) is 6.07 Å². The lowest BCUT2D eigenvalue weighted by atomic mass is 10.00. The maximum Gasteiger partial charge on any atom is 0.274 e. The molecule has 0 unspecified atom stereocenters. The summed E-state index contributed by atoms with van der Waals surface area (Å²) >= 11 is 0. The molecule has 0 saturated heterocycles. The van der Waals surface area contributed by atoms with Crippen LogP contribution in [0.5, 0.6) is 0 Å². The molecule has 0 bridgehead atoms. The molecule has 2 aromatic carbocycles. The molecular formula is C20H17F2N3O2. The number of carbonyl (C=O) groups excluding carboxylic acids is 2. The molecule has 0 saturated carbocycles. The molecule has 0 fully saturated rings. The molecule has 0 radical (unpaired) electrons. The van der Waals surface area contributed by atoms with E-state index in [9.17, 15) is 18.4 Å². The van der Waals surface area contributed by atoms with E-state index < -0.39 is 17.5 Å². The van der Waals surface area contributed by atoms with Gasteiger partial charge in [-0.3, -0.25) is 9.59 Å². The van der Waals surface area contributed by atoms with Crippen LogP contribution in [-0.4, -0.2) is 24.1 Å². The number of amides is 2. The Kier molecular flexibility index (Phi) is 4.43. The van der Waals surface area contributed by atoms with Gasteiger partial charge in [0.1, 0.15) is 17.3 Å². The molecule has 4 rings (SSSR count). The van der Waals surface area contributed by atoms with Crippen molar-refractivity contribution in [2.24, 2.45) is 5.10 Å². The lowest BCUT2D eigenvalue weighted by Gasteiger charge is -2.31. The molecule has 2 aliphatic rings. The van der Waals surface area contributed by atoms with Gasteiger partial charge < -0.3 is 4.90 Å². The molecule has 27 heavy (non-hydrogen) atoms. The highest BCUT2D eigenvalue weighted by Gasteiger charge is 2.32. The number of hydrazone groups is 1. The summed E-state index contributed by atoms with van der Waals surface area (Å²) in [5.41, 5.74) is 1.34. The minimum Gasteiger partial charge on any atom is -0.304 e. The molecule has 0 N–H and O–H groups in total. The highest BCUT2D eigenvalue weighted by Crippen LogP contribution is 2.32. The van der Waals surface area contributed by atoms with Crippen molar-refractivity contribution in [2.75, 3.05) is 16.5 Å². The van der Waals surface area contributed by atoms with E-state index in [2.05, 4.69) is 5.10 Å². The quantitative estimate of drug-likeness (QED) is 0.814. The number of benzene rings is 2. The summed E-state index contributed by atoms with van der Waals surface area (Å²) in [6.07, 6.45) is 1.45. The van der Waals surface area contributed by atoms with Gasteiger partial charge in [0.25, 0.3) is 5.91 Å². The van der Waals surface area contributed by atoms with Gasteiger partial charge >= 0.3 is 0 Å². The first-order valence-electron chi connectivity index (χ1n) is 8.80. The molecule has 7 heteroatoms. The summed E-state index contributed by atoms with van der Waals surface area (Å²) in [4.78, 5) is 26.6. The zero-order chi connectivity index (χ0) is 19.0. The third-order valence-electron chi connectivity index (χ3n) is 4.73. The maximum absolute atomic E-state index is 14.4. The van der Waals surface area contributed by atoms with E-state index in [1.807, 2.05) is 6.07 Å². The molecule has 2 aliphatic heterocycles. The minimum atomic E-state index is -0.759. The second kappa shape index (κ2) is 6.90. The molecule has 0 aliphatic carbocycles. The van der Waals surface area contributed by atoms with E-state index in [1.54, 1.807) is 24.3 Å². The Labute approximate surface area is 154 Å². The molecule has 2 aromatic rings. The van der Waals surface area contributed by atoms with Crippen LogP contribution in [0, 0.1) is 11.6 Å². The summed E-state index contributed by atoms with van der Waals surface area (Å²) < 4.78 is 27.9. The van der Waals surface area contributed by atoms with Crippen LogP contribution in [0.1, 0.15) is 24.8 Å². The predicted molar refractivity (Wildman–Crippen MR) is 97.6 cm³/mol. The van der Waals surface area contributed by atoms with Crippen LogP contribution in [0.2, 0.25) is 0 Å². The zero-order valence-corrected chi connectivity index (χ0v) is 14.5. The number of fused-ring (bicyclic) bond motifs is 1. The lowest BCUT2D eigenvalue weighted by Crippen LogP contribution is -2.44. The van der Waals surface area contributed by atoms with Crippen molar-refractivity contribution >= 4 is 28.9 Å². The van der Waals surface area contributed by atoms with Crippen LogP contribution in [0.3, 0.4) is 0 Å². The van der Waals surface area contributed by atoms with Gasteiger partial charge in [0.2, 0.25) is 5.91 Å².